The molecule has 1 aliphatic carbocycles. The Labute approximate surface area is 214 Å². The summed E-state index contributed by atoms with van der Waals surface area (Å²) in [5.41, 5.74) is 1.57. The van der Waals surface area contributed by atoms with E-state index in [4.69, 9.17) is 9.47 Å². The van der Waals surface area contributed by atoms with Crippen molar-refractivity contribution in [1.29, 1.82) is 5.26 Å². The molecule has 0 saturated heterocycles. The summed E-state index contributed by atoms with van der Waals surface area (Å²) in [5, 5.41) is 15.7. The van der Waals surface area contributed by atoms with Gasteiger partial charge >= 0.3 is 0 Å². The molecule has 0 aromatic heterocycles. The second-order valence-corrected chi connectivity index (χ2v) is 9.01. The largest absolute Gasteiger partial charge is 0.496 e. The highest BCUT2D eigenvalue weighted by Crippen LogP contribution is 2.40. The van der Waals surface area contributed by atoms with Gasteiger partial charge in [0.25, 0.3) is 5.91 Å². The summed E-state index contributed by atoms with van der Waals surface area (Å²) in [6.45, 7) is 4.40. The number of amides is 1. The van der Waals surface area contributed by atoms with Crippen LogP contribution in [0.4, 0.5) is 0 Å². The van der Waals surface area contributed by atoms with Crippen molar-refractivity contribution in [2.45, 2.75) is 44.1 Å². The van der Waals surface area contributed by atoms with Crippen LogP contribution in [0.25, 0.3) is 0 Å². The van der Waals surface area contributed by atoms with Crippen LogP contribution in [0.15, 0.2) is 59.6 Å². The number of carbonyl (C=O) groups excluding carboxylic acids is 1. The molecule has 0 atom stereocenters. The van der Waals surface area contributed by atoms with E-state index in [-0.39, 0.29) is 17.4 Å². The number of hydrogen-bond acceptors (Lipinski definition) is 5. The van der Waals surface area contributed by atoms with E-state index in [0.29, 0.717) is 43.5 Å². The molecule has 36 heavy (non-hydrogen) atoms. The van der Waals surface area contributed by atoms with Crippen molar-refractivity contribution in [1.82, 2.24) is 15.5 Å². The third-order valence-corrected chi connectivity index (χ3v) is 6.98. The van der Waals surface area contributed by atoms with Crippen molar-refractivity contribution in [3.05, 3.63) is 65.7 Å². The number of nitrogens with zero attached hydrogens (tertiary/aromatic N) is 3. The Balaban J connectivity index is 1.80. The molecule has 0 radical (unpaired) electrons. The molecule has 2 N–H and O–H groups in total. The van der Waals surface area contributed by atoms with Gasteiger partial charge < -0.3 is 25.0 Å². The lowest BCUT2D eigenvalue weighted by Gasteiger charge is -2.44. The van der Waals surface area contributed by atoms with Crippen LogP contribution < -0.4 is 15.4 Å². The van der Waals surface area contributed by atoms with Crippen LogP contribution in [-0.2, 0) is 10.2 Å². The first-order valence-electron chi connectivity index (χ1n) is 12.5. The number of benzene rings is 2. The zero-order valence-corrected chi connectivity index (χ0v) is 21.5. The lowest BCUT2D eigenvalue weighted by Crippen LogP contribution is -2.52. The smallest absolute Gasteiger partial charge is 0.255 e. The number of hydrogen-bond donors (Lipinski definition) is 2. The molecule has 0 heterocycles. The lowest BCUT2D eigenvalue weighted by molar-refractivity contribution is 0.0920. The molecular formula is C28H37N5O3. The molecule has 0 unspecified atom stereocenters. The summed E-state index contributed by atoms with van der Waals surface area (Å²) < 4.78 is 10.7. The zero-order chi connectivity index (χ0) is 25.8. The molecule has 8 heteroatoms. The fourth-order valence-electron chi connectivity index (χ4n) is 5.06. The third kappa shape index (κ3) is 6.55. The van der Waals surface area contributed by atoms with Gasteiger partial charge in [-0.3, -0.25) is 4.79 Å². The molecule has 0 bridgehead atoms. The molecule has 8 nitrogen and oxygen atoms in total. The van der Waals surface area contributed by atoms with Crippen molar-refractivity contribution < 1.29 is 14.3 Å². The van der Waals surface area contributed by atoms with Gasteiger partial charge in [-0.25, -0.2) is 0 Å². The molecule has 2 aromatic carbocycles. The van der Waals surface area contributed by atoms with E-state index >= 15 is 0 Å². The van der Waals surface area contributed by atoms with Crippen molar-refractivity contribution in [2.24, 2.45) is 4.99 Å². The molecule has 0 aliphatic heterocycles. The molecule has 0 spiro atoms. The first-order valence-corrected chi connectivity index (χ1v) is 12.5. The van der Waals surface area contributed by atoms with Crippen molar-refractivity contribution >= 4 is 11.9 Å². The third-order valence-electron chi connectivity index (χ3n) is 6.98. The summed E-state index contributed by atoms with van der Waals surface area (Å²) >= 11 is 0. The van der Waals surface area contributed by atoms with Crippen LogP contribution in [0.3, 0.4) is 0 Å². The van der Waals surface area contributed by atoms with Crippen molar-refractivity contribution in [3.8, 4) is 11.9 Å². The maximum absolute atomic E-state index is 13.1. The normalized spacial score (nSPS) is 19.7. The van der Waals surface area contributed by atoms with E-state index < -0.39 is 0 Å². The van der Waals surface area contributed by atoms with Crippen LogP contribution in [-0.4, -0.2) is 63.3 Å². The molecule has 3 rings (SSSR count). The monoisotopic (exact) mass is 491 g/mol. The fourth-order valence-corrected chi connectivity index (χ4v) is 5.06. The van der Waals surface area contributed by atoms with E-state index in [2.05, 4.69) is 44.8 Å². The van der Waals surface area contributed by atoms with Crippen LogP contribution in [0.2, 0.25) is 0 Å². The van der Waals surface area contributed by atoms with E-state index in [1.165, 1.54) is 5.56 Å². The van der Waals surface area contributed by atoms with Gasteiger partial charge in [0.2, 0.25) is 12.2 Å². The van der Waals surface area contributed by atoms with Crippen molar-refractivity contribution in [2.75, 3.05) is 40.5 Å². The predicted molar refractivity (Wildman–Crippen MR) is 141 cm³/mol. The highest BCUT2D eigenvalue weighted by Gasteiger charge is 2.39. The number of rotatable bonds is 10. The van der Waals surface area contributed by atoms with Gasteiger partial charge in [-0.2, -0.15) is 5.26 Å². The minimum Gasteiger partial charge on any atom is -0.496 e. The Bertz CT molecular complexity index is 1040. The summed E-state index contributed by atoms with van der Waals surface area (Å²) in [7, 11) is 3.25. The Morgan fingerprint density at radius 1 is 1.11 bits per heavy atom. The summed E-state index contributed by atoms with van der Waals surface area (Å²) in [5.74, 6) is 1.02. The van der Waals surface area contributed by atoms with Crippen LogP contribution in [0.1, 0.15) is 48.5 Å². The van der Waals surface area contributed by atoms with Gasteiger partial charge in [0, 0.05) is 38.2 Å². The first kappa shape index (κ1) is 27.0. The fraction of sp³-hybridized carbons (Fsp3) is 0.464. The highest BCUT2D eigenvalue weighted by atomic mass is 16.5. The average Bonchev–Trinajstić information content (AvgIpc) is 2.93. The van der Waals surface area contributed by atoms with Crippen molar-refractivity contribution in [3.63, 3.8) is 0 Å². The van der Waals surface area contributed by atoms with E-state index in [0.717, 1.165) is 25.7 Å². The second-order valence-electron chi connectivity index (χ2n) is 9.01. The first-order chi connectivity index (χ1) is 17.6. The topological polar surface area (TPSA) is 99.0 Å². The quantitative estimate of drug-likeness (QED) is 0.299. The summed E-state index contributed by atoms with van der Waals surface area (Å²) in [6, 6.07) is 17.9. The maximum Gasteiger partial charge on any atom is 0.255 e. The Morgan fingerprint density at radius 2 is 1.81 bits per heavy atom. The lowest BCUT2D eigenvalue weighted by atomic mass is 9.67. The predicted octanol–water partition coefficient (Wildman–Crippen LogP) is 3.70. The minimum atomic E-state index is -0.187. The number of ether oxygens (including phenoxy) is 2. The van der Waals surface area contributed by atoms with E-state index in [1.807, 2.05) is 31.3 Å². The number of nitrogens with one attached hydrogen (secondary N) is 2. The van der Waals surface area contributed by atoms with E-state index in [9.17, 15) is 10.1 Å². The van der Waals surface area contributed by atoms with Gasteiger partial charge in [0.1, 0.15) is 5.75 Å². The molecule has 2 aromatic rings. The van der Waals surface area contributed by atoms with Crippen LogP contribution in [0.5, 0.6) is 5.75 Å². The van der Waals surface area contributed by atoms with E-state index in [1.54, 1.807) is 26.4 Å². The summed E-state index contributed by atoms with van der Waals surface area (Å²) in [4.78, 5) is 19.3. The standard InChI is InChI=1S/C28H37N5O3/c1-4-30-27(32-21-29)33(18-19-35-2)23-14-16-28(17-15-23,22-10-6-5-7-11-22)20-31-26(34)24-12-8-9-13-25(24)36-3/h5-13,23H,4,14-20H2,1-3H3,(H,30,32)(H,31,34)/t23-,28+. The molecular weight excluding hydrogens is 454 g/mol. The number of para-hydroxylation sites is 1. The molecule has 1 saturated carbocycles. The average molecular weight is 492 g/mol. The van der Waals surface area contributed by atoms with Crippen LogP contribution >= 0.6 is 0 Å². The number of methoxy groups -OCH3 is 2. The van der Waals surface area contributed by atoms with Gasteiger partial charge in [0.15, 0.2) is 0 Å². The van der Waals surface area contributed by atoms with Gasteiger partial charge in [-0.05, 0) is 50.3 Å². The molecule has 1 fully saturated rings. The molecule has 192 valence electrons. The molecule has 1 aliphatic rings. The van der Waals surface area contributed by atoms with Gasteiger partial charge in [-0.1, -0.05) is 42.5 Å². The summed E-state index contributed by atoms with van der Waals surface area (Å²) in [6.07, 6.45) is 5.52. The Hall–Kier alpha value is -3.57. The number of carbonyl (C=O) groups is 1. The SMILES string of the molecule is CCN/C(=N\C#N)N(CCOC)[C@H]1CC[C@@](CNC(=O)c2ccccc2OC)(c2ccccc2)CC1. The number of guanidine groups is 1. The molecule has 1 amide bonds. The Morgan fingerprint density at radius 3 is 2.44 bits per heavy atom. The van der Waals surface area contributed by atoms with Gasteiger partial charge in [0.05, 0.1) is 19.3 Å². The maximum atomic E-state index is 13.1. The number of aliphatic imine (C=N–C) groups is 1. The minimum absolute atomic E-state index is 0.137. The zero-order valence-electron chi connectivity index (χ0n) is 21.5. The number of nitriles is 1. The highest BCUT2D eigenvalue weighted by molar-refractivity contribution is 5.97. The van der Waals surface area contributed by atoms with Crippen LogP contribution in [0, 0.1) is 11.5 Å². The Kier molecular flexibility index (Phi) is 10.1. The second kappa shape index (κ2) is 13.5. The van der Waals surface area contributed by atoms with Gasteiger partial charge in [-0.15, -0.1) is 4.99 Å².